The van der Waals surface area contributed by atoms with E-state index in [0.29, 0.717) is 12.4 Å². The molecule has 0 unspecified atom stereocenters. The van der Waals surface area contributed by atoms with Gasteiger partial charge in [0.1, 0.15) is 11.3 Å². The van der Waals surface area contributed by atoms with E-state index in [-0.39, 0.29) is 5.95 Å². The monoisotopic (exact) mass is 489 g/mol. The molecule has 0 bridgehead atoms. The first-order valence-corrected chi connectivity index (χ1v) is 12.9. The Morgan fingerprint density at radius 1 is 1.06 bits per heavy atom. The van der Waals surface area contributed by atoms with E-state index in [1.165, 1.54) is 16.1 Å². The molecule has 2 aromatic heterocycles. The average Bonchev–Trinajstić information content (AvgIpc) is 3.31. The molecule has 1 fully saturated rings. The standard InChI is InChI=1S/C26H31N7OS/c1-31-12-14-32(15-13-31)19-8-9-21(22(16-19)34-2)33-11-10-20-24(33)25(30-26(27)29-20)28-17-18-6-4-5-7-23(18)35-3/h4-11,16H,12-15,17H2,1-3H3,(H3,27,28,29,30). The summed E-state index contributed by atoms with van der Waals surface area (Å²) in [6, 6.07) is 16.7. The third-order valence-electron chi connectivity index (χ3n) is 6.48. The van der Waals surface area contributed by atoms with Gasteiger partial charge in [-0.1, -0.05) is 18.2 Å². The summed E-state index contributed by atoms with van der Waals surface area (Å²) in [5.74, 6) is 1.74. The lowest BCUT2D eigenvalue weighted by Crippen LogP contribution is -2.44. The zero-order valence-electron chi connectivity index (χ0n) is 20.4. The van der Waals surface area contributed by atoms with Crippen LogP contribution < -0.4 is 20.7 Å². The Hall–Kier alpha value is -3.43. The number of fused-ring (bicyclic) bond motifs is 1. The van der Waals surface area contributed by atoms with Crippen LogP contribution in [0.15, 0.2) is 59.6 Å². The molecule has 4 aromatic rings. The van der Waals surface area contributed by atoms with Gasteiger partial charge in [0.25, 0.3) is 0 Å². The maximum atomic E-state index is 6.06. The number of thioether (sulfide) groups is 1. The van der Waals surface area contributed by atoms with Gasteiger partial charge in [-0.3, -0.25) is 0 Å². The van der Waals surface area contributed by atoms with E-state index in [1.54, 1.807) is 18.9 Å². The molecule has 1 aliphatic heterocycles. The minimum atomic E-state index is 0.244. The van der Waals surface area contributed by atoms with Gasteiger partial charge in [0.15, 0.2) is 5.82 Å². The fraction of sp³-hybridized carbons (Fsp3) is 0.308. The molecule has 1 saturated heterocycles. The molecule has 2 aromatic carbocycles. The number of nitrogens with two attached hydrogens (primary N) is 1. The molecule has 1 aliphatic rings. The number of ether oxygens (including phenoxy) is 1. The minimum absolute atomic E-state index is 0.244. The Labute approximate surface area is 210 Å². The fourth-order valence-electron chi connectivity index (χ4n) is 4.54. The highest BCUT2D eigenvalue weighted by atomic mass is 32.2. The normalized spacial score (nSPS) is 14.4. The second-order valence-electron chi connectivity index (χ2n) is 8.66. The third kappa shape index (κ3) is 4.74. The van der Waals surface area contributed by atoms with Crippen LogP contribution in [0.2, 0.25) is 0 Å². The van der Waals surface area contributed by atoms with Crippen molar-refractivity contribution in [2.24, 2.45) is 0 Å². The summed E-state index contributed by atoms with van der Waals surface area (Å²) in [5.41, 5.74) is 11.0. The molecule has 182 valence electrons. The van der Waals surface area contributed by atoms with Gasteiger partial charge in [-0.05, 0) is 43.1 Å². The van der Waals surface area contributed by atoms with Crippen LogP contribution in [-0.4, -0.2) is 66.0 Å². The topological polar surface area (TPSA) is 84.5 Å². The summed E-state index contributed by atoms with van der Waals surface area (Å²) in [7, 11) is 3.88. The summed E-state index contributed by atoms with van der Waals surface area (Å²) in [4.78, 5) is 15.0. The molecule has 0 amide bonds. The number of rotatable bonds is 7. The number of benzene rings is 2. The molecular weight excluding hydrogens is 458 g/mol. The van der Waals surface area contributed by atoms with E-state index >= 15 is 0 Å². The third-order valence-corrected chi connectivity index (χ3v) is 7.32. The zero-order valence-corrected chi connectivity index (χ0v) is 21.2. The number of hydrogen-bond donors (Lipinski definition) is 2. The van der Waals surface area contributed by atoms with Crippen LogP contribution in [-0.2, 0) is 6.54 Å². The van der Waals surface area contributed by atoms with Crippen LogP contribution in [0.3, 0.4) is 0 Å². The first-order valence-electron chi connectivity index (χ1n) is 11.7. The molecule has 0 spiro atoms. The number of nitrogens with zero attached hydrogens (tertiary/aromatic N) is 5. The number of piperazine rings is 1. The van der Waals surface area contributed by atoms with Crippen molar-refractivity contribution in [3.8, 4) is 11.4 Å². The Morgan fingerprint density at radius 2 is 1.86 bits per heavy atom. The molecule has 0 radical (unpaired) electrons. The number of nitrogen functional groups attached to an aromatic ring is 1. The van der Waals surface area contributed by atoms with E-state index in [4.69, 9.17) is 10.5 Å². The number of aromatic nitrogens is 3. The van der Waals surface area contributed by atoms with Crippen molar-refractivity contribution in [3.05, 3.63) is 60.3 Å². The fourth-order valence-corrected chi connectivity index (χ4v) is 5.16. The molecule has 0 aliphatic carbocycles. The highest BCUT2D eigenvalue weighted by molar-refractivity contribution is 7.98. The molecule has 0 saturated carbocycles. The lowest BCUT2D eigenvalue weighted by molar-refractivity contribution is 0.312. The van der Waals surface area contributed by atoms with E-state index in [2.05, 4.69) is 85.4 Å². The number of hydrogen-bond acceptors (Lipinski definition) is 8. The van der Waals surface area contributed by atoms with Gasteiger partial charge in [-0.25, -0.2) is 4.98 Å². The largest absolute Gasteiger partial charge is 0.494 e. The van der Waals surface area contributed by atoms with Gasteiger partial charge in [0, 0.05) is 55.6 Å². The Bertz CT molecular complexity index is 1330. The van der Waals surface area contributed by atoms with E-state index in [1.807, 2.05) is 12.3 Å². The average molecular weight is 490 g/mol. The van der Waals surface area contributed by atoms with Crippen molar-refractivity contribution in [1.29, 1.82) is 0 Å². The first kappa shape index (κ1) is 23.3. The quantitative estimate of drug-likeness (QED) is 0.376. The maximum Gasteiger partial charge on any atom is 0.222 e. The number of likely N-dealkylation sites (N-methyl/N-ethyl adjacent to an activating group) is 1. The summed E-state index contributed by atoms with van der Waals surface area (Å²) < 4.78 is 7.92. The summed E-state index contributed by atoms with van der Waals surface area (Å²) in [6.07, 6.45) is 4.08. The van der Waals surface area contributed by atoms with Crippen molar-refractivity contribution in [1.82, 2.24) is 19.4 Å². The van der Waals surface area contributed by atoms with Crippen LogP contribution in [0.1, 0.15) is 5.56 Å². The summed E-state index contributed by atoms with van der Waals surface area (Å²) in [5, 5.41) is 3.50. The molecule has 3 heterocycles. The van der Waals surface area contributed by atoms with Gasteiger partial charge in [-0.15, -0.1) is 11.8 Å². The minimum Gasteiger partial charge on any atom is -0.494 e. The first-order chi connectivity index (χ1) is 17.1. The lowest BCUT2D eigenvalue weighted by atomic mass is 10.2. The van der Waals surface area contributed by atoms with E-state index in [0.717, 1.165) is 48.6 Å². The van der Waals surface area contributed by atoms with Crippen LogP contribution in [0.5, 0.6) is 5.75 Å². The van der Waals surface area contributed by atoms with E-state index < -0.39 is 0 Å². The van der Waals surface area contributed by atoms with E-state index in [9.17, 15) is 0 Å². The maximum absolute atomic E-state index is 6.06. The lowest BCUT2D eigenvalue weighted by Gasteiger charge is -2.34. The smallest absolute Gasteiger partial charge is 0.222 e. The second kappa shape index (κ2) is 10.1. The predicted molar refractivity (Wildman–Crippen MR) is 145 cm³/mol. The Balaban J connectivity index is 1.51. The molecular formula is C26H31N7OS. The molecule has 3 N–H and O–H groups in total. The molecule has 8 nitrogen and oxygen atoms in total. The van der Waals surface area contributed by atoms with Crippen molar-refractivity contribution in [2.75, 3.05) is 62.5 Å². The van der Waals surface area contributed by atoms with Crippen LogP contribution in [0.4, 0.5) is 17.5 Å². The number of methoxy groups -OCH3 is 1. The molecule has 5 rings (SSSR count). The SMILES string of the molecule is COc1cc(N2CCN(C)CC2)ccc1-n1ccc2nc(N)nc(NCc3ccccc3SC)c21. The number of nitrogens with one attached hydrogen (secondary N) is 1. The van der Waals surface area contributed by atoms with Crippen molar-refractivity contribution < 1.29 is 4.74 Å². The summed E-state index contributed by atoms with van der Waals surface area (Å²) in [6.45, 7) is 4.75. The van der Waals surface area contributed by atoms with Gasteiger partial charge in [0.2, 0.25) is 5.95 Å². The van der Waals surface area contributed by atoms with Crippen molar-refractivity contribution in [2.45, 2.75) is 11.4 Å². The highest BCUT2D eigenvalue weighted by Gasteiger charge is 2.19. The van der Waals surface area contributed by atoms with Gasteiger partial charge in [0.05, 0.1) is 18.3 Å². The second-order valence-corrected chi connectivity index (χ2v) is 9.51. The molecule has 0 atom stereocenters. The van der Waals surface area contributed by atoms with Crippen molar-refractivity contribution in [3.63, 3.8) is 0 Å². The van der Waals surface area contributed by atoms with Crippen LogP contribution in [0.25, 0.3) is 16.7 Å². The zero-order chi connectivity index (χ0) is 24.4. The molecule has 35 heavy (non-hydrogen) atoms. The van der Waals surface area contributed by atoms with Gasteiger partial charge < -0.3 is 30.2 Å². The van der Waals surface area contributed by atoms with Gasteiger partial charge in [-0.2, -0.15) is 4.98 Å². The van der Waals surface area contributed by atoms with Crippen LogP contribution >= 0.6 is 11.8 Å². The van der Waals surface area contributed by atoms with Crippen LogP contribution in [0, 0.1) is 0 Å². The Morgan fingerprint density at radius 3 is 2.63 bits per heavy atom. The number of anilines is 3. The van der Waals surface area contributed by atoms with Crippen molar-refractivity contribution >= 4 is 40.2 Å². The highest BCUT2D eigenvalue weighted by Crippen LogP contribution is 2.34. The summed E-state index contributed by atoms with van der Waals surface area (Å²) >= 11 is 1.73. The Kier molecular flexibility index (Phi) is 6.70. The predicted octanol–water partition coefficient (Wildman–Crippen LogP) is 4.10. The molecule has 9 heteroatoms. The van der Waals surface area contributed by atoms with Gasteiger partial charge >= 0.3 is 0 Å².